The van der Waals surface area contributed by atoms with Gasteiger partial charge in [-0.1, -0.05) is 38.3 Å². The zero-order valence-electron chi connectivity index (χ0n) is 11.7. The molecule has 2 heteroatoms. The van der Waals surface area contributed by atoms with Crippen LogP contribution in [0.3, 0.4) is 0 Å². The van der Waals surface area contributed by atoms with Crippen molar-refractivity contribution in [2.75, 3.05) is 0 Å². The van der Waals surface area contributed by atoms with Crippen LogP contribution in [0.1, 0.15) is 62.2 Å². The SMILES string of the molecule is CC1(C(=O)c2cccc(OC3CC3)c2)CCCCC1. The Balaban J connectivity index is 1.78. The van der Waals surface area contributed by atoms with E-state index in [4.69, 9.17) is 4.74 Å². The molecular formula is C17H22O2. The van der Waals surface area contributed by atoms with Crippen molar-refractivity contribution in [2.45, 2.75) is 58.0 Å². The number of carbonyl (C=O) groups excluding carboxylic acids is 1. The number of ether oxygens (including phenoxy) is 1. The quantitative estimate of drug-likeness (QED) is 0.749. The zero-order chi connectivity index (χ0) is 13.3. The Hall–Kier alpha value is -1.31. The molecule has 0 bridgehead atoms. The molecule has 2 nitrogen and oxygen atoms in total. The van der Waals surface area contributed by atoms with Gasteiger partial charge in [0, 0.05) is 11.0 Å². The van der Waals surface area contributed by atoms with Crippen molar-refractivity contribution in [3.8, 4) is 5.75 Å². The lowest BCUT2D eigenvalue weighted by Gasteiger charge is -2.32. The Kier molecular flexibility index (Phi) is 3.34. The van der Waals surface area contributed by atoms with Crippen LogP contribution >= 0.6 is 0 Å². The second-order valence-electron chi connectivity index (χ2n) is 6.30. The van der Waals surface area contributed by atoms with Crippen LogP contribution in [-0.2, 0) is 0 Å². The average molecular weight is 258 g/mol. The minimum atomic E-state index is -0.156. The molecule has 0 unspecified atom stereocenters. The maximum Gasteiger partial charge on any atom is 0.168 e. The monoisotopic (exact) mass is 258 g/mol. The third-order valence-corrected chi connectivity index (χ3v) is 4.43. The molecule has 2 fully saturated rings. The van der Waals surface area contributed by atoms with Crippen molar-refractivity contribution in [2.24, 2.45) is 5.41 Å². The number of hydrogen-bond donors (Lipinski definition) is 0. The molecule has 0 radical (unpaired) electrons. The van der Waals surface area contributed by atoms with Crippen LogP contribution in [0.15, 0.2) is 24.3 Å². The molecule has 0 N–H and O–H groups in total. The number of hydrogen-bond acceptors (Lipinski definition) is 2. The topological polar surface area (TPSA) is 26.3 Å². The molecule has 1 aromatic rings. The Morgan fingerprint density at radius 1 is 1.21 bits per heavy atom. The van der Waals surface area contributed by atoms with E-state index in [1.165, 1.54) is 19.3 Å². The van der Waals surface area contributed by atoms with Gasteiger partial charge in [-0.3, -0.25) is 4.79 Å². The lowest BCUT2D eigenvalue weighted by atomic mass is 9.71. The van der Waals surface area contributed by atoms with Crippen LogP contribution in [0.2, 0.25) is 0 Å². The molecule has 0 saturated heterocycles. The first-order chi connectivity index (χ1) is 9.17. The van der Waals surface area contributed by atoms with Crippen LogP contribution < -0.4 is 4.74 Å². The Morgan fingerprint density at radius 2 is 1.95 bits per heavy atom. The van der Waals surface area contributed by atoms with Gasteiger partial charge in [-0.05, 0) is 37.8 Å². The third kappa shape index (κ3) is 2.83. The fraction of sp³-hybridized carbons (Fsp3) is 0.588. The van der Waals surface area contributed by atoms with Gasteiger partial charge in [-0.15, -0.1) is 0 Å². The maximum absolute atomic E-state index is 12.7. The summed E-state index contributed by atoms with van der Waals surface area (Å²) in [6.07, 6.45) is 8.37. The summed E-state index contributed by atoms with van der Waals surface area (Å²) in [4.78, 5) is 12.7. The molecule has 19 heavy (non-hydrogen) atoms. The number of carbonyl (C=O) groups is 1. The Morgan fingerprint density at radius 3 is 2.63 bits per heavy atom. The first kappa shape index (κ1) is 12.7. The smallest absolute Gasteiger partial charge is 0.168 e. The molecule has 3 rings (SSSR count). The lowest BCUT2D eigenvalue weighted by Crippen LogP contribution is -2.30. The molecule has 0 amide bonds. The fourth-order valence-electron chi connectivity index (χ4n) is 3.00. The minimum absolute atomic E-state index is 0.156. The van der Waals surface area contributed by atoms with E-state index in [1.807, 2.05) is 24.3 Å². The summed E-state index contributed by atoms with van der Waals surface area (Å²) in [5.74, 6) is 1.15. The van der Waals surface area contributed by atoms with Gasteiger partial charge in [-0.2, -0.15) is 0 Å². The average Bonchev–Trinajstić information content (AvgIpc) is 3.23. The van der Waals surface area contributed by atoms with E-state index in [0.29, 0.717) is 11.9 Å². The van der Waals surface area contributed by atoms with Gasteiger partial charge in [-0.25, -0.2) is 0 Å². The predicted molar refractivity (Wildman–Crippen MR) is 75.6 cm³/mol. The summed E-state index contributed by atoms with van der Waals surface area (Å²) >= 11 is 0. The van der Waals surface area contributed by atoms with E-state index >= 15 is 0 Å². The van der Waals surface area contributed by atoms with E-state index in [-0.39, 0.29) is 5.41 Å². The van der Waals surface area contributed by atoms with Crippen LogP contribution in [0.25, 0.3) is 0 Å². The van der Waals surface area contributed by atoms with Crippen molar-refractivity contribution >= 4 is 5.78 Å². The molecule has 0 spiro atoms. The van der Waals surface area contributed by atoms with Gasteiger partial charge < -0.3 is 4.74 Å². The van der Waals surface area contributed by atoms with Gasteiger partial charge in [0.05, 0.1) is 6.10 Å². The van der Waals surface area contributed by atoms with Gasteiger partial charge in [0.15, 0.2) is 5.78 Å². The molecule has 2 aliphatic carbocycles. The first-order valence-electron chi connectivity index (χ1n) is 7.49. The highest BCUT2D eigenvalue weighted by molar-refractivity contribution is 6.00. The number of ketones is 1. The molecule has 2 saturated carbocycles. The predicted octanol–water partition coefficient (Wildman–Crippen LogP) is 4.38. The second kappa shape index (κ2) is 4.99. The summed E-state index contributed by atoms with van der Waals surface area (Å²) in [5, 5.41) is 0. The van der Waals surface area contributed by atoms with E-state index in [9.17, 15) is 4.79 Å². The van der Waals surface area contributed by atoms with E-state index in [0.717, 1.165) is 37.0 Å². The molecular weight excluding hydrogens is 236 g/mol. The lowest BCUT2D eigenvalue weighted by molar-refractivity contribution is 0.0749. The van der Waals surface area contributed by atoms with Crippen LogP contribution in [0.4, 0.5) is 0 Å². The van der Waals surface area contributed by atoms with Gasteiger partial charge in [0.2, 0.25) is 0 Å². The molecule has 102 valence electrons. The Labute approximate surface area is 115 Å². The molecule has 0 atom stereocenters. The summed E-state index contributed by atoms with van der Waals surface area (Å²) in [7, 11) is 0. The van der Waals surface area contributed by atoms with E-state index in [1.54, 1.807) is 0 Å². The molecule has 2 aliphatic rings. The van der Waals surface area contributed by atoms with Crippen LogP contribution in [0.5, 0.6) is 5.75 Å². The van der Waals surface area contributed by atoms with Crippen molar-refractivity contribution in [3.05, 3.63) is 29.8 Å². The highest BCUT2D eigenvalue weighted by Gasteiger charge is 2.35. The fourth-order valence-corrected chi connectivity index (χ4v) is 3.00. The van der Waals surface area contributed by atoms with Crippen molar-refractivity contribution in [1.82, 2.24) is 0 Å². The standard InChI is InChI=1S/C17H22O2/c1-17(10-3-2-4-11-17)16(18)13-6-5-7-15(12-13)19-14-8-9-14/h5-7,12,14H,2-4,8-11H2,1H3. The Bertz CT molecular complexity index is 468. The van der Waals surface area contributed by atoms with Crippen molar-refractivity contribution in [1.29, 1.82) is 0 Å². The van der Waals surface area contributed by atoms with Crippen LogP contribution in [-0.4, -0.2) is 11.9 Å². The van der Waals surface area contributed by atoms with Gasteiger partial charge in [0.1, 0.15) is 5.75 Å². The normalized spacial score (nSPS) is 21.9. The summed E-state index contributed by atoms with van der Waals surface area (Å²) in [5.41, 5.74) is 0.666. The van der Waals surface area contributed by atoms with Crippen molar-refractivity contribution in [3.63, 3.8) is 0 Å². The van der Waals surface area contributed by atoms with Gasteiger partial charge in [0.25, 0.3) is 0 Å². The summed E-state index contributed by atoms with van der Waals surface area (Å²) in [6, 6.07) is 7.76. The molecule has 0 aromatic heterocycles. The highest BCUT2D eigenvalue weighted by Crippen LogP contribution is 2.39. The minimum Gasteiger partial charge on any atom is -0.490 e. The molecule has 0 heterocycles. The maximum atomic E-state index is 12.7. The number of rotatable bonds is 4. The highest BCUT2D eigenvalue weighted by atomic mass is 16.5. The first-order valence-corrected chi connectivity index (χ1v) is 7.49. The van der Waals surface area contributed by atoms with Crippen molar-refractivity contribution < 1.29 is 9.53 Å². The summed E-state index contributed by atoms with van der Waals surface area (Å²) < 4.78 is 5.78. The largest absolute Gasteiger partial charge is 0.490 e. The third-order valence-electron chi connectivity index (χ3n) is 4.43. The molecule has 1 aromatic carbocycles. The van der Waals surface area contributed by atoms with Crippen LogP contribution in [0, 0.1) is 5.41 Å². The van der Waals surface area contributed by atoms with E-state index in [2.05, 4.69) is 6.92 Å². The number of Topliss-reactive ketones (excluding diaryl/α,β-unsaturated/α-hetero) is 1. The molecule has 0 aliphatic heterocycles. The zero-order valence-corrected chi connectivity index (χ0v) is 11.7. The van der Waals surface area contributed by atoms with E-state index < -0.39 is 0 Å². The summed E-state index contributed by atoms with van der Waals surface area (Å²) in [6.45, 7) is 2.13. The second-order valence-corrected chi connectivity index (χ2v) is 6.30. The van der Waals surface area contributed by atoms with Gasteiger partial charge >= 0.3 is 0 Å². The number of benzene rings is 1.